The summed E-state index contributed by atoms with van der Waals surface area (Å²) in [5.41, 5.74) is 0. The highest BCUT2D eigenvalue weighted by Gasteiger charge is 2.08. The molecule has 22 heavy (non-hydrogen) atoms. The molecule has 0 rings (SSSR count). The quantitative estimate of drug-likeness (QED) is 0.244. The first kappa shape index (κ1) is 21.4. The molecule has 0 aromatic heterocycles. The largest absolute Gasteiger partial charge is 0.469 e. The molecule has 0 aromatic rings. The van der Waals surface area contributed by atoms with E-state index >= 15 is 0 Å². The van der Waals surface area contributed by atoms with Crippen molar-refractivity contribution in [3.05, 3.63) is 0 Å². The smallest absolute Gasteiger partial charge is 0.305 e. The fourth-order valence-corrected chi connectivity index (χ4v) is 2.74. The lowest BCUT2D eigenvalue weighted by molar-refractivity contribution is -0.140. The Hall–Kier alpha value is -0.600. The molecule has 0 saturated carbocycles. The van der Waals surface area contributed by atoms with Gasteiger partial charge in [0.15, 0.2) is 0 Å². The Kier molecular flexibility index (Phi) is 16.3. The number of carbonyl (C=O) groups excluding carboxylic acids is 1. The number of carbonyl (C=O) groups is 1. The third kappa shape index (κ3) is 15.8. The lowest BCUT2D eigenvalue weighted by Gasteiger charge is -2.07. The Morgan fingerprint density at radius 1 is 0.818 bits per heavy atom. The Labute approximate surface area is 137 Å². The Morgan fingerprint density at radius 3 is 1.77 bits per heavy atom. The number of halogens is 1. The summed E-state index contributed by atoms with van der Waals surface area (Å²) in [5.74, 6) is -0.234. The van der Waals surface area contributed by atoms with Crippen LogP contribution in [0.2, 0.25) is 0 Å². The molecule has 0 bridgehead atoms. The summed E-state index contributed by atoms with van der Waals surface area (Å²) < 4.78 is 18.1. The molecule has 0 unspecified atom stereocenters. The second kappa shape index (κ2) is 16.8. The second-order valence-corrected chi connectivity index (χ2v) is 6.39. The van der Waals surface area contributed by atoms with E-state index in [1.165, 1.54) is 64.9 Å². The fourth-order valence-electron chi connectivity index (χ4n) is 2.74. The van der Waals surface area contributed by atoms with E-state index in [4.69, 9.17) is 0 Å². The molecule has 0 aliphatic carbocycles. The molecule has 0 radical (unpaired) electrons. The molecule has 0 heterocycles. The van der Waals surface area contributed by atoms with Crippen molar-refractivity contribution in [2.75, 3.05) is 7.11 Å². The number of alkyl halides is 1. The van der Waals surface area contributed by atoms with Gasteiger partial charge in [0.25, 0.3) is 0 Å². The lowest BCUT2D eigenvalue weighted by atomic mass is 10.0. The number of rotatable bonds is 16. The molecular formula is C19H37FO2. The van der Waals surface area contributed by atoms with Crippen LogP contribution in [-0.2, 0) is 9.53 Å². The summed E-state index contributed by atoms with van der Waals surface area (Å²) in [4.78, 5) is 10.9. The van der Waals surface area contributed by atoms with Crippen LogP contribution in [0.4, 0.5) is 4.39 Å². The van der Waals surface area contributed by atoms with E-state index < -0.39 is 6.17 Å². The minimum absolute atomic E-state index is 0.234. The zero-order valence-corrected chi connectivity index (χ0v) is 14.9. The maximum absolute atomic E-state index is 13.6. The third-order valence-electron chi connectivity index (χ3n) is 4.25. The van der Waals surface area contributed by atoms with E-state index in [9.17, 15) is 9.18 Å². The molecule has 0 aliphatic heterocycles. The molecular weight excluding hydrogens is 279 g/mol. The van der Waals surface area contributed by atoms with Gasteiger partial charge in [-0.1, -0.05) is 77.6 Å². The van der Waals surface area contributed by atoms with E-state index in [1.807, 2.05) is 0 Å². The highest BCUT2D eigenvalue weighted by molar-refractivity contribution is 5.68. The van der Waals surface area contributed by atoms with Crippen LogP contribution >= 0.6 is 0 Å². The minimum Gasteiger partial charge on any atom is -0.469 e. The average Bonchev–Trinajstić information content (AvgIpc) is 2.52. The molecule has 2 nitrogen and oxygen atoms in total. The van der Waals surface area contributed by atoms with Gasteiger partial charge in [-0.05, 0) is 19.3 Å². The van der Waals surface area contributed by atoms with Crippen molar-refractivity contribution < 1.29 is 13.9 Å². The molecule has 0 N–H and O–H groups in total. The predicted molar refractivity (Wildman–Crippen MR) is 91.8 cm³/mol. The molecule has 0 spiro atoms. The lowest BCUT2D eigenvalue weighted by Crippen LogP contribution is -2.04. The van der Waals surface area contributed by atoms with Gasteiger partial charge in [-0.3, -0.25) is 4.79 Å². The van der Waals surface area contributed by atoms with Crippen LogP contribution in [0.1, 0.15) is 103 Å². The summed E-state index contributed by atoms with van der Waals surface area (Å²) in [7, 11) is 1.38. The van der Waals surface area contributed by atoms with Gasteiger partial charge in [-0.25, -0.2) is 4.39 Å². The number of hydrogen-bond donors (Lipinski definition) is 0. The predicted octanol–water partition coefficient (Wildman–Crippen LogP) is 6.37. The standard InChI is InChI=1S/C19H37FO2/c1-3-4-5-6-7-8-9-10-11-12-13-15-18(20)16-14-17-19(21)22-2/h18H,3-17H2,1-2H3/t18-/m1/s1. The molecule has 0 amide bonds. The number of unbranched alkanes of at least 4 members (excludes halogenated alkanes) is 10. The average molecular weight is 317 g/mol. The third-order valence-corrected chi connectivity index (χ3v) is 4.25. The summed E-state index contributed by atoms with van der Waals surface area (Å²) >= 11 is 0. The van der Waals surface area contributed by atoms with Crippen LogP contribution in [0.5, 0.6) is 0 Å². The van der Waals surface area contributed by atoms with E-state index in [0.29, 0.717) is 25.7 Å². The highest BCUT2D eigenvalue weighted by Crippen LogP contribution is 2.15. The summed E-state index contributed by atoms with van der Waals surface area (Å²) in [6.45, 7) is 2.25. The van der Waals surface area contributed by atoms with Crippen molar-refractivity contribution in [2.45, 2.75) is 109 Å². The van der Waals surface area contributed by atoms with Crippen molar-refractivity contribution in [3.63, 3.8) is 0 Å². The van der Waals surface area contributed by atoms with Crippen LogP contribution in [0.25, 0.3) is 0 Å². The number of methoxy groups -OCH3 is 1. The minimum atomic E-state index is -0.747. The molecule has 0 aromatic carbocycles. The number of hydrogen-bond acceptors (Lipinski definition) is 2. The van der Waals surface area contributed by atoms with Crippen LogP contribution in [0.15, 0.2) is 0 Å². The van der Waals surface area contributed by atoms with E-state index in [0.717, 1.165) is 12.8 Å². The van der Waals surface area contributed by atoms with Gasteiger partial charge in [0.2, 0.25) is 0 Å². The Balaban J connectivity index is 3.16. The molecule has 0 saturated heterocycles. The van der Waals surface area contributed by atoms with E-state index in [1.54, 1.807) is 0 Å². The molecule has 0 aliphatic rings. The van der Waals surface area contributed by atoms with Crippen molar-refractivity contribution >= 4 is 5.97 Å². The zero-order valence-electron chi connectivity index (χ0n) is 14.9. The molecule has 132 valence electrons. The summed E-state index contributed by atoms with van der Waals surface area (Å²) in [5, 5.41) is 0. The maximum Gasteiger partial charge on any atom is 0.305 e. The molecule has 0 fully saturated rings. The van der Waals surface area contributed by atoms with Crippen molar-refractivity contribution in [1.82, 2.24) is 0 Å². The Morgan fingerprint density at radius 2 is 1.27 bits per heavy atom. The monoisotopic (exact) mass is 316 g/mol. The van der Waals surface area contributed by atoms with Crippen molar-refractivity contribution in [3.8, 4) is 0 Å². The first-order valence-corrected chi connectivity index (χ1v) is 9.41. The van der Waals surface area contributed by atoms with Gasteiger partial charge >= 0.3 is 5.97 Å². The number of ether oxygens (including phenoxy) is 1. The van der Waals surface area contributed by atoms with Gasteiger partial charge in [0.05, 0.1) is 7.11 Å². The maximum atomic E-state index is 13.6. The topological polar surface area (TPSA) is 26.3 Å². The van der Waals surface area contributed by atoms with Crippen LogP contribution in [0, 0.1) is 0 Å². The first-order chi connectivity index (χ1) is 10.7. The SMILES string of the molecule is CCCCCCCCCCCCC[C@@H](F)CCCC(=O)OC. The van der Waals surface area contributed by atoms with Gasteiger partial charge in [0.1, 0.15) is 6.17 Å². The van der Waals surface area contributed by atoms with Gasteiger partial charge < -0.3 is 4.74 Å². The summed E-state index contributed by atoms with van der Waals surface area (Å²) in [6.07, 6.45) is 15.6. The molecule has 1 atom stereocenters. The summed E-state index contributed by atoms with van der Waals surface area (Å²) in [6, 6.07) is 0. The van der Waals surface area contributed by atoms with Gasteiger partial charge in [0, 0.05) is 6.42 Å². The van der Waals surface area contributed by atoms with Crippen LogP contribution in [0.3, 0.4) is 0 Å². The molecule has 3 heteroatoms. The number of esters is 1. The van der Waals surface area contributed by atoms with Crippen molar-refractivity contribution in [1.29, 1.82) is 0 Å². The van der Waals surface area contributed by atoms with Gasteiger partial charge in [-0.2, -0.15) is 0 Å². The van der Waals surface area contributed by atoms with E-state index in [2.05, 4.69) is 11.7 Å². The zero-order chi connectivity index (χ0) is 16.5. The highest BCUT2D eigenvalue weighted by atomic mass is 19.1. The van der Waals surface area contributed by atoms with Crippen molar-refractivity contribution in [2.24, 2.45) is 0 Å². The first-order valence-electron chi connectivity index (χ1n) is 9.41. The fraction of sp³-hybridized carbons (Fsp3) is 0.947. The Bertz CT molecular complexity index is 244. The normalized spacial score (nSPS) is 12.3. The van der Waals surface area contributed by atoms with Gasteiger partial charge in [-0.15, -0.1) is 0 Å². The van der Waals surface area contributed by atoms with Crippen LogP contribution in [-0.4, -0.2) is 19.3 Å². The second-order valence-electron chi connectivity index (χ2n) is 6.39. The van der Waals surface area contributed by atoms with E-state index in [-0.39, 0.29) is 5.97 Å². The van der Waals surface area contributed by atoms with Crippen LogP contribution < -0.4 is 0 Å².